The first-order valence-electron chi connectivity index (χ1n) is 13.1. The van der Waals surface area contributed by atoms with Gasteiger partial charge in [0.2, 0.25) is 5.88 Å². The molecule has 36 heavy (non-hydrogen) atoms. The third-order valence-electron chi connectivity index (χ3n) is 7.90. The highest BCUT2D eigenvalue weighted by atomic mass is 16.5. The Morgan fingerprint density at radius 2 is 1.94 bits per heavy atom. The van der Waals surface area contributed by atoms with Crippen LogP contribution in [0.2, 0.25) is 0 Å². The molecular weight excluding hydrogens is 450 g/mol. The molecule has 8 heteroatoms. The number of likely N-dealkylation sites (N-methyl/N-ethyl adjacent to an activating group) is 1. The Hall–Kier alpha value is -3.41. The lowest BCUT2D eigenvalue weighted by Crippen LogP contribution is -2.45. The molecule has 0 amide bonds. The Kier molecular flexibility index (Phi) is 6.34. The highest BCUT2D eigenvalue weighted by molar-refractivity contribution is 5.91. The van der Waals surface area contributed by atoms with Gasteiger partial charge in [0.15, 0.2) is 0 Å². The van der Waals surface area contributed by atoms with Crippen LogP contribution in [0.4, 0.5) is 11.5 Å². The van der Waals surface area contributed by atoms with E-state index in [2.05, 4.69) is 62.4 Å². The number of hydrogen-bond acceptors (Lipinski definition) is 8. The van der Waals surface area contributed by atoms with Crippen LogP contribution in [0.3, 0.4) is 0 Å². The molecule has 186 valence electrons. The third kappa shape index (κ3) is 4.23. The van der Waals surface area contributed by atoms with Crippen LogP contribution in [0.1, 0.15) is 29.5 Å². The van der Waals surface area contributed by atoms with E-state index in [9.17, 15) is 5.26 Å². The van der Waals surface area contributed by atoms with E-state index in [1.54, 1.807) is 0 Å². The van der Waals surface area contributed by atoms with Gasteiger partial charge in [-0.3, -0.25) is 4.98 Å². The molecule has 1 atom stereocenters. The van der Waals surface area contributed by atoms with Crippen molar-refractivity contribution in [2.24, 2.45) is 0 Å². The Labute approximate surface area is 212 Å². The molecule has 0 bridgehead atoms. The summed E-state index contributed by atoms with van der Waals surface area (Å²) in [4.78, 5) is 16.8. The van der Waals surface area contributed by atoms with Gasteiger partial charge in [-0.05, 0) is 45.0 Å². The number of piperazine rings is 1. The minimum atomic E-state index is 0.371. The maximum Gasteiger partial charge on any atom is 0.234 e. The number of rotatable bonds is 5. The third-order valence-corrected chi connectivity index (χ3v) is 7.90. The summed E-state index contributed by atoms with van der Waals surface area (Å²) in [5, 5.41) is 14.9. The van der Waals surface area contributed by atoms with E-state index in [1.807, 2.05) is 12.3 Å². The van der Waals surface area contributed by atoms with Crippen molar-refractivity contribution in [3.63, 3.8) is 0 Å². The van der Waals surface area contributed by atoms with E-state index >= 15 is 0 Å². The van der Waals surface area contributed by atoms with Gasteiger partial charge in [-0.25, -0.2) is 0 Å². The molecule has 6 rings (SSSR count). The van der Waals surface area contributed by atoms with E-state index < -0.39 is 0 Å². The summed E-state index contributed by atoms with van der Waals surface area (Å²) in [6.45, 7) is 6.86. The second-order valence-corrected chi connectivity index (χ2v) is 10.0. The summed E-state index contributed by atoms with van der Waals surface area (Å²) >= 11 is 0. The van der Waals surface area contributed by atoms with E-state index in [-0.39, 0.29) is 0 Å². The number of anilines is 2. The predicted octanol–water partition coefficient (Wildman–Crippen LogP) is 2.95. The fraction of sp³-hybridized carbons (Fsp3) is 0.464. The number of benzene rings is 1. The monoisotopic (exact) mass is 483 g/mol. The lowest BCUT2D eigenvalue weighted by atomic mass is 9.95. The average Bonchev–Trinajstić information content (AvgIpc) is 3.35. The highest BCUT2D eigenvalue weighted by Crippen LogP contribution is 2.37. The topological polar surface area (TPSA) is 80.5 Å². The van der Waals surface area contributed by atoms with Gasteiger partial charge in [-0.1, -0.05) is 18.2 Å². The summed E-state index contributed by atoms with van der Waals surface area (Å²) in [6.07, 6.45) is 5.00. The van der Waals surface area contributed by atoms with Gasteiger partial charge >= 0.3 is 0 Å². The molecular formula is C28H33N7O. The van der Waals surface area contributed by atoms with Gasteiger partial charge in [0.1, 0.15) is 24.1 Å². The molecule has 2 fully saturated rings. The van der Waals surface area contributed by atoms with Gasteiger partial charge in [-0.15, -0.1) is 0 Å². The van der Waals surface area contributed by atoms with E-state index in [0.717, 1.165) is 80.1 Å². The Balaban J connectivity index is 1.39. The largest absolute Gasteiger partial charge is 0.475 e. The molecule has 0 spiro atoms. The van der Waals surface area contributed by atoms with Crippen molar-refractivity contribution >= 4 is 22.4 Å². The molecule has 0 unspecified atom stereocenters. The van der Waals surface area contributed by atoms with Gasteiger partial charge in [0.25, 0.3) is 0 Å². The van der Waals surface area contributed by atoms with Crippen molar-refractivity contribution in [1.82, 2.24) is 20.2 Å². The number of nitrogens with one attached hydrogen (secondary N) is 1. The minimum absolute atomic E-state index is 0.371. The fourth-order valence-corrected chi connectivity index (χ4v) is 5.86. The molecule has 0 radical (unpaired) electrons. The smallest absolute Gasteiger partial charge is 0.234 e. The van der Waals surface area contributed by atoms with Crippen molar-refractivity contribution < 1.29 is 4.74 Å². The van der Waals surface area contributed by atoms with Crippen LogP contribution in [0.15, 0.2) is 36.5 Å². The fourth-order valence-electron chi connectivity index (χ4n) is 5.86. The number of aromatic nitrogens is 2. The summed E-state index contributed by atoms with van der Waals surface area (Å²) in [6, 6.07) is 13.2. The zero-order chi connectivity index (χ0) is 24.5. The van der Waals surface area contributed by atoms with Crippen LogP contribution in [-0.4, -0.2) is 73.8 Å². The first kappa shape index (κ1) is 23.0. The number of nitrogens with zero attached hydrogens (tertiary/aromatic N) is 6. The number of ether oxygens (including phenoxy) is 1. The summed E-state index contributed by atoms with van der Waals surface area (Å²) in [7, 11) is 2.15. The van der Waals surface area contributed by atoms with Crippen molar-refractivity contribution in [3.05, 3.63) is 53.2 Å². The van der Waals surface area contributed by atoms with Crippen LogP contribution in [0, 0.1) is 11.3 Å². The lowest BCUT2D eigenvalue weighted by molar-refractivity contribution is 0.193. The van der Waals surface area contributed by atoms with Gasteiger partial charge in [0.05, 0.1) is 11.2 Å². The lowest BCUT2D eigenvalue weighted by Gasteiger charge is -2.36. The molecule has 1 aromatic carbocycles. The summed E-state index contributed by atoms with van der Waals surface area (Å²) in [5.74, 6) is 1.49. The molecule has 0 aliphatic carbocycles. The second kappa shape index (κ2) is 9.92. The van der Waals surface area contributed by atoms with Crippen LogP contribution in [0.25, 0.3) is 10.9 Å². The van der Waals surface area contributed by atoms with E-state index in [0.29, 0.717) is 30.6 Å². The molecule has 3 aliphatic rings. The number of hydrogen-bond donors (Lipinski definition) is 1. The molecule has 8 nitrogen and oxygen atoms in total. The number of para-hydroxylation sites is 1. The van der Waals surface area contributed by atoms with Crippen molar-refractivity contribution in [2.75, 3.05) is 62.7 Å². The summed E-state index contributed by atoms with van der Waals surface area (Å²) in [5.41, 5.74) is 4.94. The minimum Gasteiger partial charge on any atom is -0.475 e. The molecule has 2 saturated heterocycles. The standard InChI is InChI=1S/C28H33N7O/c1-33-13-4-7-21(33)19-36-28-23(17-29)24-18-35(25-8-2-5-20-6-3-10-31-26(20)25)14-9-22(24)27(32-28)34-15-11-30-12-16-34/h2-3,5-6,8,10,21,30H,4,7,9,11-16,18-19H2,1H3/t21-/m0/s1. The first-order chi connectivity index (χ1) is 17.7. The van der Waals surface area contributed by atoms with Gasteiger partial charge < -0.3 is 24.8 Å². The number of likely N-dealkylation sites (tertiary alicyclic amines) is 1. The average molecular weight is 484 g/mol. The number of pyridine rings is 2. The number of fused-ring (bicyclic) bond motifs is 2. The zero-order valence-corrected chi connectivity index (χ0v) is 20.9. The summed E-state index contributed by atoms with van der Waals surface area (Å²) < 4.78 is 6.34. The quantitative estimate of drug-likeness (QED) is 0.593. The van der Waals surface area contributed by atoms with Crippen molar-refractivity contribution in [2.45, 2.75) is 31.8 Å². The molecule has 0 saturated carbocycles. The molecule has 1 N–H and O–H groups in total. The second-order valence-electron chi connectivity index (χ2n) is 10.0. The molecule has 3 aromatic rings. The van der Waals surface area contributed by atoms with E-state index in [4.69, 9.17) is 9.72 Å². The SMILES string of the molecule is CN1CCC[C@H]1COc1nc(N2CCNCC2)c2c(c1C#N)CN(c1cccc3cccnc13)CC2. The van der Waals surface area contributed by atoms with Gasteiger partial charge in [-0.2, -0.15) is 10.2 Å². The zero-order valence-electron chi connectivity index (χ0n) is 20.9. The Morgan fingerprint density at radius 1 is 1.08 bits per heavy atom. The van der Waals surface area contributed by atoms with Crippen molar-refractivity contribution in [3.8, 4) is 11.9 Å². The molecule has 5 heterocycles. The maximum absolute atomic E-state index is 10.3. The first-order valence-corrected chi connectivity index (χ1v) is 13.1. The molecule has 3 aliphatic heterocycles. The van der Waals surface area contributed by atoms with E-state index in [1.165, 1.54) is 12.0 Å². The van der Waals surface area contributed by atoms with Crippen LogP contribution < -0.4 is 19.9 Å². The maximum atomic E-state index is 10.3. The highest BCUT2D eigenvalue weighted by Gasteiger charge is 2.30. The van der Waals surface area contributed by atoms with Crippen LogP contribution >= 0.6 is 0 Å². The van der Waals surface area contributed by atoms with Gasteiger partial charge in [0, 0.05) is 68.0 Å². The van der Waals surface area contributed by atoms with Crippen LogP contribution in [-0.2, 0) is 13.0 Å². The predicted molar refractivity (Wildman–Crippen MR) is 142 cm³/mol. The normalized spacial score (nSPS) is 20.4. The van der Waals surface area contributed by atoms with Crippen LogP contribution in [0.5, 0.6) is 5.88 Å². The number of nitriles is 1. The Morgan fingerprint density at radius 3 is 2.75 bits per heavy atom. The molecule has 2 aromatic heterocycles. The Bertz CT molecular complexity index is 1290. The van der Waals surface area contributed by atoms with Crippen molar-refractivity contribution in [1.29, 1.82) is 5.26 Å².